The fourth-order valence-corrected chi connectivity index (χ4v) is 1.10. The van der Waals surface area contributed by atoms with Crippen molar-refractivity contribution in [2.45, 2.75) is 13.3 Å². The van der Waals surface area contributed by atoms with Crippen LogP contribution in [0, 0.1) is 0 Å². The van der Waals surface area contributed by atoms with Crippen LogP contribution in [0.25, 0.3) is 0 Å². The van der Waals surface area contributed by atoms with Gasteiger partial charge in [-0.3, -0.25) is 4.79 Å². The Morgan fingerprint density at radius 2 is 2.43 bits per heavy atom. The van der Waals surface area contributed by atoms with Gasteiger partial charge in [0, 0.05) is 19.2 Å². The van der Waals surface area contributed by atoms with E-state index < -0.39 is 0 Å². The number of carbonyl (C=O) groups is 1. The number of pyridine rings is 1. The number of nitrogen functional groups attached to an aromatic ring is 1. The van der Waals surface area contributed by atoms with E-state index in [1.54, 1.807) is 18.3 Å². The van der Waals surface area contributed by atoms with Gasteiger partial charge >= 0.3 is 0 Å². The van der Waals surface area contributed by atoms with E-state index >= 15 is 0 Å². The molecule has 1 rings (SSSR count). The van der Waals surface area contributed by atoms with Gasteiger partial charge in [0.15, 0.2) is 5.78 Å². The van der Waals surface area contributed by atoms with Crippen LogP contribution in [0.4, 0.5) is 5.82 Å². The summed E-state index contributed by atoms with van der Waals surface area (Å²) in [6.07, 6.45) is 1.95. The standard InChI is InChI=1S/C10H14N2O2/c1-2-14-7-9(13)5-8-3-4-12-10(11)6-8/h3-4,6H,2,5,7H2,1H3,(H2,11,12). The number of aromatic nitrogens is 1. The summed E-state index contributed by atoms with van der Waals surface area (Å²) in [6, 6.07) is 3.48. The molecule has 0 aromatic carbocycles. The van der Waals surface area contributed by atoms with Gasteiger partial charge in [-0.25, -0.2) is 4.98 Å². The lowest BCUT2D eigenvalue weighted by Gasteiger charge is -2.01. The summed E-state index contributed by atoms with van der Waals surface area (Å²) in [6.45, 7) is 2.58. The van der Waals surface area contributed by atoms with Crippen molar-refractivity contribution in [2.75, 3.05) is 18.9 Å². The van der Waals surface area contributed by atoms with Crippen molar-refractivity contribution in [2.24, 2.45) is 0 Å². The summed E-state index contributed by atoms with van der Waals surface area (Å²) in [5.74, 6) is 0.490. The average molecular weight is 194 g/mol. The zero-order valence-electron chi connectivity index (χ0n) is 8.19. The molecule has 0 saturated carbocycles. The SMILES string of the molecule is CCOCC(=O)Cc1ccnc(N)c1. The molecule has 0 bridgehead atoms. The van der Waals surface area contributed by atoms with Crippen LogP contribution in [0.1, 0.15) is 12.5 Å². The van der Waals surface area contributed by atoms with Crippen LogP contribution in [-0.4, -0.2) is 24.0 Å². The van der Waals surface area contributed by atoms with Gasteiger partial charge in [-0.1, -0.05) is 0 Å². The minimum Gasteiger partial charge on any atom is -0.384 e. The highest BCUT2D eigenvalue weighted by atomic mass is 16.5. The fraction of sp³-hybridized carbons (Fsp3) is 0.400. The molecule has 0 atom stereocenters. The summed E-state index contributed by atoms with van der Waals surface area (Å²) in [5, 5.41) is 0. The van der Waals surface area contributed by atoms with Crippen LogP contribution in [0.15, 0.2) is 18.3 Å². The Hall–Kier alpha value is -1.42. The molecule has 0 spiro atoms. The monoisotopic (exact) mass is 194 g/mol. The quantitative estimate of drug-likeness (QED) is 0.753. The predicted octanol–water partition coefficient (Wildman–Crippen LogP) is 0.812. The van der Waals surface area contributed by atoms with Crippen LogP contribution in [0.2, 0.25) is 0 Å². The first kappa shape index (κ1) is 10.7. The number of ether oxygens (including phenoxy) is 1. The molecule has 1 aromatic heterocycles. The zero-order valence-corrected chi connectivity index (χ0v) is 8.19. The van der Waals surface area contributed by atoms with Gasteiger partial charge in [0.1, 0.15) is 12.4 Å². The number of rotatable bonds is 5. The Bertz CT molecular complexity index is 313. The molecule has 0 fully saturated rings. The number of hydrogen-bond donors (Lipinski definition) is 1. The second-order valence-electron chi connectivity index (χ2n) is 2.94. The van der Waals surface area contributed by atoms with Crippen molar-refractivity contribution >= 4 is 11.6 Å². The molecule has 0 aliphatic rings. The molecule has 2 N–H and O–H groups in total. The van der Waals surface area contributed by atoms with Crippen molar-refractivity contribution in [1.29, 1.82) is 0 Å². The van der Waals surface area contributed by atoms with E-state index in [-0.39, 0.29) is 12.4 Å². The number of nitrogens with zero attached hydrogens (tertiary/aromatic N) is 1. The molecule has 0 aliphatic heterocycles. The molecular formula is C10H14N2O2. The predicted molar refractivity (Wildman–Crippen MR) is 53.9 cm³/mol. The van der Waals surface area contributed by atoms with Gasteiger partial charge in [0.05, 0.1) is 0 Å². The van der Waals surface area contributed by atoms with Crippen LogP contribution < -0.4 is 5.73 Å². The van der Waals surface area contributed by atoms with Gasteiger partial charge in [-0.15, -0.1) is 0 Å². The number of Topliss-reactive ketones (excluding diaryl/α,β-unsaturated/α-hetero) is 1. The molecule has 1 aromatic rings. The maximum absolute atomic E-state index is 11.3. The number of ketones is 1. The van der Waals surface area contributed by atoms with Gasteiger partial charge in [-0.2, -0.15) is 0 Å². The minimum atomic E-state index is 0.0532. The Morgan fingerprint density at radius 3 is 3.07 bits per heavy atom. The van der Waals surface area contributed by atoms with Gasteiger partial charge in [0.25, 0.3) is 0 Å². The van der Waals surface area contributed by atoms with E-state index in [4.69, 9.17) is 10.5 Å². The summed E-state index contributed by atoms with van der Waals surface area (Å²) < 4.78 is 5.00. The van der Waals surface area contributed by atoms with E-state index in [1.165, 1.54) is 0 Å². The Balaban J connectivity index is 2.47. The number of anilines is 1. The van der Waals surface area contributed by atoms with Gasteiger partial charge < -0.3 is 10.5 Å². The highest BCUT2D eigenvalue weighted by Gasteiger charge is 2.03. The molecule has 4 nitrogen and oxygen atoms in total. The topological polar surface area (TPSA) is 65.2 Å². The second kappa shape index (κ2) is 5.34. The first-order valence-corrected chi connectivity index (χ1v) is 4.52. The molecular weight excluding hydrogens is 180 g/mol. The molecule has 4 heteroatoms. The van der Waals surface area contributed by atoms with Crippen molar-refractivity contribution in [3.05, 3.63) is 23.9 Å². The molecule has 0 radical (unpaired) electrons. The van der Waals surface area contributed by atoms with E-state index in [2.05, 4.69) is 4.98 Å². The highest BCUT2D eigenvalue weighted by molar-refractivity contribution is 5.82. The van der Waals surface area contributed by atoms with Crippen LogP contribution in [-0.2, 0) is 16.0 Å². The Labute approximate surface area is 83.1 Å². The maximum atomic E-state index is 11.3. The molecule has 0 aliphatic carbocycles. The van der Waals surface area contributed by atoms with E-state index in [0.717, 1.165) is 5.56 Å². The number of nitrogens with two attached hydrogens (primary N) is 1. The van der Waals surface area contributed by atoms with Crippen molar-refractivity contribution in [3.63, 3.8) is 0 Å². The van der Waals surface area contributed by atoms with E-state index in [0.29, 0.717) is 18.8 Å². The fourth-order valence-electron chi connectivity index (χ4n) is 1.10. The van der Waals surface area contributed by atoms with Crippen molar-refractivity contribution in [1.82, 2.24) is 4.98 Å². The minimum absolute atomic E-state index is 0.0532. The highest BCUT2D eigenvalue weighted by Crippen LogP contribution is 2.04. The summed E-state index contributed by atoms with van der Waals surface area (Å²) in [4.78, 5) is 15.1. The third-order valence-electron chi connectivity index (χ3n) is 1.71. The smallest absolute Gasteiger partial charge is 0.162 e. The van der Waals surface area contributed by atoms with Crippen LogP contribution in [0.3, 0.4) is 0 Å². The largest absolute Gasteiger partial charge is 0.384 e. The molecule has 76 valence electrons. The number of hydrogen-bond acceptors (Lipinski definition) is 4. The van der Waals surface area contributed by atoms with Gasteiger partial charge in [0.2, 0.25) is 0 Å². The molecule has 14 heavy (non-hydrogen) atoms. The van der Waals surface area contributed by atoms with Crippen LogP contribution in [0.5, 0.6) is 0 Å². The third kappa shape index (κ3) is 3.53. The summed E-state index contributed by atoms with van der Waals surface area (Å²) >= 11 is 0. The molecule has 0 saturated heterocycles. The van der Waals surface area contributed by atoms with Gasteiger partial charge in [-0.05, 0) is 24.6 Å². The molecule has 1 heterocycles. The van der Waals surface area contributed by atoms with Crippen molar-refractivity contribution in [3.8, 4) is 0 Å². The van der Waals surface area contributed by atoms with E-state index in [9.17, 15) is 4.79 Å². The van der Waals surface area contributed by atoms with Crippen molar-refractivity contribution < 1.29 is 9.53 Å². The average Bonchev–Trinajstić information content (AvgIpc) is 2.15. The summed E-state index contributed by atoms with van der Waals surface area (Å²) in [7, 11) is 0. The first-order chi connectivity index (χ1) is 6.72. The second-order valence-corrected chi connectivity index (χ2v) is 2.94. The Kier molecular flexibility index (Phi) is 4.07. The van der Waals surface area contributed by atoms with E-state index in [1.807, 2.05) is 6.92 Å². The third-order valence-corrected chi connectivity index (χ3v) is 1.71. The number of carbonyl (C=O) groups excluding carboxylic acids is 1. The lowest BCUT2D eigenvalue weighted by Crippen LogP contribution is -2.11. The van der Waals surface area contributed by atoms with Crippen LogP contribution >= 0.6 is 0 Å². The lowest BCUT2D eigenvalue weighted by atomic mass is 10.1. The normalized spacial score (nSPS) is 10.1. The lowest BCUT2D eigenvalue weighted by molar-refractivity contribution is -0.122. The first-order valence-electron chi connectivity index (χ1n) is 4.52. The zero-order chi connectivity index (χ0) is 10.4. The Morgan fingerprint density at radius 1 is 1.64 bits per heavy atom. The molecule has 0 unspecified atom stereocenters. The molecule has 0 amide bonds. The maximum Gasteiger partial charge on any atom is 0.162 e. The summed E-state index contributed by atoms with van der Waals surface area (Å²) in [5.41, 5.74) is 6.36.